The fraction of sp³-hybridized carbons (Fsp3) is 0.588. The molecule has 144 valence electrons. The number of hydrogen-bond donors (Lipinski definition) is 2. The highest BCUT2D eigenvalue weighted by Gasteiger charge is 2.45. The van der Waals surface area contributed by atoms with Crippen molar-refractivity contribution in [2.75, 3.05) is 13.1 Å². The molecule has 2 fully saturated rings. The molecule has 0 bridgehead atoms. The smallest absolute Gasteiger partial charge is 0.225 e. The minimum absolute atomic E-state index is 0. The second-order valence-corrected chi connectivity index (χ2v) is 7.90. The summed E-state index contributed by atoms with van der Waals surface area (Å²) >= 11 is 1.66. The molecule has 2 aliphatic rings. The van der Waals surface area contributed by atoms with Gasteiger partial charge in [-0.15, -0.1) is 36.2 Å². The van der Waals surface area contributed by atoms with Crippen LogP contribution in [0.3, 0.4) is 0 Å². The SMILES string of the molecule is Cc1csc(C2(NC(=O)[C@H]3CNC[C@@H]3c3cnn(C)c3)CCC2)n1.Cl.Cl. The molecule has 3 heterocycles. The lowest BCUT2D eigenvalue weighted by molar-refractivity contribution is -0.128. The van der Waals surface area contributed by atoms with Gasteiger partial charge in [0.05, 0.1) is 17.7 Å². The Balaban J connectivity index is 0.00000121. The molecule has 1 saturated carbocycles. The van der Waals surface area contributed by atoms with Gasteiger partial charge in [0.1, 0.15) is 5.01 Å². The molecule has 1 aliphatic carbocycles. The van der Waals surface area contributed by atoms with Gasteiger partial charge in [0, 0.05) is 43.3 Å². The van der Waals surface area contributed by atoms with Gasteiger partial charge in [-0.25, -0.2) is 4.98 Å². The number of thiazole rings is 1. The van der Waals surface area contributed by atoms with E-state index in [2.05, 4.69) is 26.1 Å². The summed E-state index contributed by atoms with van der Waals surface area (Å²) in [5.41, 5.74) is 1.93. The van der Waals surface area contributed by atoms with Crippen LogP contribution >= 0.6 is 36.2 Å². The highest BCUT2D eigenvalue weighted by molar-refractivity contribution is 7.09. The zero-order valence-corrected chi connectivity index (χ0v) is 17.3. The van der Waals surface area contributed by atoms with Crippen LogP contribution in [0.25, 0.3) is 0 Å². The fourth-order valence-corrected chi connectivity index (χ4v) is 4.77. The number of halogens is 2. The number of aryl methyl sites for hydroxylation is 2. The third kappa shape index (κ3) is 3.76. The molecule has 0 radical (unpaired) electrons. The Bertz CT molecular complexity index is 758. The molecule has 9 heteroatoms. The summed E-state index contributed by atoms with van der Waals surface area (Å²) < 4.78 is 1.80. The molecule has 6 nitrogen and oxygen atoms in total. The summed E-state index contributed by atoms with van der Waals surface area (Å²) in [4.78, 5) is 17.7. The topological polar surface area (TPSA) is 71.8 Å². The fourth-order valence-electron chi connectivity index (χ4n) is 3.76. The van der Waals surface area contributed by atoms with Crippen molar-refractivity contribution in [2.24, 2.45) is 13.0 Å². The van der Waals surface area contributed by atoms with E-state index in [4.69, 9.17) is 0 Å². The van der Waals surface area contributed by atoms with E-state index in [9.17, 15) is 4.79 Å². The van der Waals surface area contributed by atoms with Gasteiger partial charge in [0.25, 0.3) is 0 Å². The summed E-state index contributed by atoms with van der Waals surface area (Å²) in [6.45, 7) is 3.55. The van der Waals surface area contributed by atoms with Gasteiger partial charge in [0.2, 0.25) is 5.91 Å². The van der Waals surface area contributed by atoms with Gasteiger partial charge in [0.15, 0.2) is 0 Å². The molecule has 0 unspecified atom stereocenters. The van der Waals surface area contributed by atoms with Crippen LogP contribution in [0.2, 0.25) is 0 Å². The molecule has 1 amide bonds. The summed E-state index contributed by atoms with van der Waals surface area (Å²) in [5, 5.41) is 14.1. The highest BCUT2D eigenvalue weighted by atomic mass is 35.5. The third-order valence-corrected chi connectivity index (χ3v) is 6.47. The van der Waals surface area contributed by atoms with Crippen molar-refractivity contribution < 1.29 is 4.79 Å². The lowest BCUT2D eigenvalue weighted by Gasteiger charge is -2.41. The maximum atomic E-state index is 13.0. The minimum Gasteiger partial charge on any atom is -0.344 e. The van der Waals surface area contributed by atoms with Crippen molar-refractivity contribution in [1.82, 2.24) is 25.4 Å². The zero-order chi connectivity index (χ0) is 16.7. The number of aromatic nitrogens is 3. The zero-order valence-electron chi connectivity index (χ0n) is 14.9. The van der Waals surface area contributed by atoms with Crippen LogP contribution in [0.1, 0.15) is 41.4 Å². The molecule has 1 saturated heterocycles. The number of carbonyl (C=O) groups excluding carboxylic acids is 1. The Morgan fingerprint density at radius 3 is 2.69 bits per heavy atom. The van der Waals surface area contributed by atoms with E-state index in [1.165, 1.54) is 0 Å². The number of nitrogens with one attached hydrogen (secondary N) is 2. The molecule has 1 aliphatic heterocycles. The Morgan fingerprint density at radius 1 is 1.38 bits per heavy atom. The molecule has 0 spiro atoms. The van der Waals surface area contributed by atoms with Crippen molar-refractivity contribution >= 4 is 42.1 Å². The van der Waals surface area contributed by atoms with Gasteiger partial charge in [-0.3, -0.25) is 9.48 Å². The number of nitrogens with zero attached hydrogens (tertiary/aromatic N) is 3. The maximum absolute atomic E-state index is 13.0. The van der Waals surface area contributed by atoms with Gasteiger partial charge in [-0.1, -0.05) is 0 Å². The Morgan fingerprint density at radius 2 is 2.15 bits per heavy atom. The summed E-state index contributed by atoms with van der Waals surface area (Å²) in [6, 6.07) is 0. The van der Waals surface area contributed by atoms with Gasteiger partial charge in [-0.2, -0.15) is 5.10 Å². The molecule has 26 heavy (non-hydrogen) atoms. The Hall–Kier alpha value is -1.15. The maximum Gasteiger partial charge on any atom is 0.225 e. The minimum atomic E-state index is -0.238. The first-order valence-corrected chi connectivity index (χ1v) is 9.39. The normalized spacial score (nSPS) is 23.5. The average Bonchev–Trinajstić information content (AvgIpc) is 3.22. The number of amides is 1. The molecule has 2 N–H and O–H groups in total. The average molecular weight is 418 g/mol. The van der Waals surface area contributed by atoms with Crippen LogP contribution in [0.5, 0.6) is 0 Å². The van der Waals surface area contributed by atoms with Crippen LogP contribution in [0.15, 0.2) is 17.8 Å². The molecule has 0 aromatic carbocycles. The van der Waals surface area contributed by atoms with E-state index < -0.39 is 0 Å². The van der Waals surface area contributed by atoms with E-state index in [1.807, 2.05) is 26.4 Å². The van der Waals surface area contributed by atoms with E-state index in [1.54, 1.807) is 16.0 Å². The van der Waals surface area contributed by atoms with Crippen molar-refractivity contribution in [3.8, 4) is 0 Å². The van der Waals surface area contributed by atoms with Gasteiger partial charge in [-0.05, 0) is 31.7 Å². The van der Waals surface area contributed by atoms with Crippen molar-refractivity contribution in [1.29, 1.82) is 0 Å². The lowest BCUT2D eigenvalue weighted by atomic mass is 9.76. The van der Waals surface area contributed by atoms with Crippen LogP contribution in [-0.4, -0.2) is 33.8 Å². The van der Waals surface area contributed by atoms with Crippen LogP contribution in [0, 0.1) is 12.8 Å². The monoisotopic (exact) mass is 417 g/mol. The van der Waals surface area contributed by atoms with E-state index in [-0.39, 0.29) is 48.1 Å². The first-order chi connectivity index (χ1) is 11.6. The number of hydrogen-bond acceptors (Lipinski definition) is 5. The highest BCUT2D eigenvalue weighted by Crippen LogP contribution is 2.43. The molecule has 4 rings (SSSR count). The Kier molecular flexibility index (Phi) is 6.71. The summed E-state index contributed by atoms with van der Waals surface area (Å²) in [6.07, 6.45) is 7.02. The van der Waals surface area contributed by atoms with E-state index >= 15 is 0 Å². The predicted octanol–water partition coefficient (Wildman–Crippen LogP) is 2.53. The molecule has 2 aromatic heterocycles. The number of carbonyl (C=O) groups is 1. The third-order valence-electron chi connectivity index (χ3n) is 5.30. The quantitative estimate of drug-likeness (QED) is 0.801. The van der Waals surface area contributed by atoms with E-state index in [0.29, 0.717) is 0 Å². The first-order valence-electron chi connectivity index (χ1n) is 8.51. The Labute approximate surface area is 170 Å². The molecular weight excluding hydrogens is 393 g/mol. The van der Waals surface area contributed by atoms with Crippen molar-refractivity contribution in [2.45, 2.75) is 37.6 Å². The van der Waals surface area contributed by atoms with E-state index in [0.717, 1.165) is 48.6 Å². The first kappa shape index (κ1) is 21.2. The van der Waals surface area contributed by atoms with Gasteiger partial charge >= 0.3 is 0 Å². The lowest BCUT2D eigenvalue weighted by Crippen LogP contribution is -2.53. The molecule has 2 atom stereocenters. The van der Waals surface area contributed by atoms with Crippen LogP contribution < -0.4 is 10.6 Å². The summed E-state index contributed by atoms with van der Waals surface area (Å²) in [7, 11) is 1.91. The largest absolute Gasteiger partial charge is 0.344 e. The van der Waals surface area contributed by atoms with Crippen molar-refractivity contribution in [3.05, 3.63) is 34.0 Å². The molecule has 2 aromatic rings. The van der Waals surface area contributed by atoms with Gasteiger partial charge < -0.3 is 10.6 Å². The summed E-state index contributed by atoms with van der Waals surface area (Å²) in [5.74, 6) is 0.281. The number of rotatable bonds is 4. The van der Waals surface area contributed by atoms with Crippen LogP contribution in [-0.2, 0) is 17.4 Å². The predicted molar refractivity (Wildman–Crippen MR) is 107 cm³/mol. The second-order valence-electron chi connectivity index (χ2n) is 7.04. The standard InChI is InChI=1S/C17H23N5OS.2ClH/c1-11-10-24-16(20-11)17(4-3-5-17)21-15(23)14-8-18-7-13(14)12-6-19-22(2)9-12;;/h6,9-10,13-14,18H,3-5,7-8H2,1-2H3,(H,21,23);2*1H/t13-,14+;;/m1../s1. The van der Waals surface area contributed by atoms with Crippen LogP contribution in [0.4, 0.5) is 0 Å². The van der Waals surface area contributed by atoms with Crippen molar-refractivity contribution in [3.63, 3.8) is 0 Å². The molecular formula is C17H25Cl2N5OS. The second kappa shape index (κ2) is 8.25.